The first-order valence-corrected chi connectivity index (χ1v) is 13.9. The van der Waals surface area contributed by atoms with E-state index in [-0.39, 0.29) is 11.8 Å². The molecule has 1 saturated heterocycles. The molecule has 5 nitrogen and oxygen atoms in total. The molecule has 2 aromatic carbocycles. The standard InChI is InChI=1S/C27H31N3O2S2/c1-3-19-9-11-20(12-10-19)22-7-5-6-8-23(22)28-26(32)24-17-34-27(29-24)21-13-15-30(16-14-21)25(31)18-33-4-2/h5-12,17,21H,3-4,13-16,18H2,1-2H3,(H,28,32). The van der Waals surface area contributed by atoms with Crippen LogP contribution in [-0.4, -0.2) is 46.3 Å². The van der Waals surface area contributed by atoms with E-state index in [9.17, 15) is 9.59 Å². The number of carbonyl (C=O) groups is 2. The number of anilines is 1. The van der Waals surface area contributed by atoms with E-state index in [1.807, 2.05) is 34.5 Å². The minimum Gasteiger partial charge on any atom is -0.342 e. The number of hydrogen-bond donors (Lipinski definition) is 1. The van der Waals surface area contributed by atoms with E-state index in [2.05, 4.69) is 48.4 Å². The average Bonchev–Trinajstić information content (AvgIpc) is 3.38. The van der Waals surface area contributed by atoms with Crippen LogP contribution in [0.5, 0.6) is 0 Å². The minimum atomic E-state index is -0.190. The van der Waals surface area contributed by atoms with Crippen molar-refractivity contribution in [1.29, 1.82) is 0 Å². The van der Waals surface area contributed by atoms with Crippen LogP contribution in [0, 0.1) is 0 Å². The van der Waals surface area contributed by atoms with E-state index >= 15 is 0 Å². The minimum absolute atomic E-state index is 0.190. The van der Waals surface area contributed by atoms with Crippen LogP contribution >= 0.6 is 23.1 Å². The molecular weight excluding hydrogens is 462 g/mol. The number of piperidine rings is 1. The number of carbonyl (C=O) groups excluding carboxylic acids is 2. The lowest BCUT2D eigenvalue weighted by atomic mass is 9.97. The molecule has 1 aromatic heterocycles. The summed E-state index contributed by atoms with van der Waals surface area (Å²) in [6.45, 7) is 5.74. The number of benzene rings is 2. The summed E-state index contributed by atoms with van der Waals surface area (Å²) in [6.07, 6.45) is 2.79. The topological polar surface area (TPSA) is 62.3 Å². The number of nitrogens with zero attached hydrogens (tertiary/aromatic N) is 2. The van der Waals surface area contributed by atoms with Gasteiger partial charge in [-0.1, -0.05) is 56.3 Å². The summed E-state index contributed by atoms with van der Waals surface area (Å²) in [5, 5.41) is 5.90. The van der Waals surface area contributed by atoms with Crippen LogP contribution in [0.3, 0.4) is 0 Å². The summed E-state index contributed by atoms with van der Waals surface area (Å²) in [5.41, 5.74) is 4.59. The largest absolute Gasteiger partial charge is 0.342 e. The Labute approximate surface area is 210 Å². The van der Waals surface area contributed by atoms with E-state index < -0.39 is 0 Å². The second kappa shape index (κ2) is 11.7. The molecule has 0 spiro atoms. The number of likely N-dealkylation sites (tertiary alicyclic amines) is 1. The Hall–Kier alpha value is -2.64. The summed E-state index contributed by atoms with van der Waals surface area (Å²) >= 11 is 3.21. The van der Waals surface area contributed by atoms with E-state index in [0.717, 1.165) is 59.9 Å². The van der Waals surface area contributed by atoms with Crippen LogP contribution in [0.4, 0.5) is 5.69 Å². The van der Waals surface area contributed by atoms with Gasteiger partial charge in [-0.2, -0.15) is 11.8 Å². The fraction of sp³-hybridized carbons (Fsp3) is 0.370. The summed E-state index contributed by atoms with van der Waals surface area (Å²) in [7, 11) is 0. The first kappa shape index (κ1) is 24.5. The maximum Gasteiger partial charge on any atom is 0.275 e. The number of para-hydroxylation sites is 1. The Morgan fingerprint density at radius 1 is 1.09 bits per heavy atom. The highest BCUT2D eigenvalue weighted by atomic mass is 32.2. The third kappa shape index (κ3) is 5.88. The molecule has 0 saturated carbocycles. The molecule has 1 fully saturated rings. The summed E-state index contributed by atoms with van der Waals surface area (Å²) in [4.78, 5) is 31.9. The van der Waals surface area contributed by atoms with Gasteiger partial charge < -0.3 is 10.2 Å². The molecule has 1 N–H and O–H groups in total. The van der Waals surface area contributed by atoms with Crippen molar-refractivity contribution < 1.29 is 9.59 Å². The predicted octanol–water partition coefficient (Wildman–Crippen LogP) is 6.08. The van der Waals surface area contributed by atoms with Crippen molar-refractivity contribution in [3.63, 3.8) is 0 Å². The number of thiazole rings is 1. The molecule has 0 atom stereocenters. The van der Waals surface area contributed by atoms with Gasteiger partial charge in [-0.05, 0) is 42.2 Å². The van der Waals surface area contributed by atoms with Gasteiger partial charge in [0.05, 0.1) is 10.8 Å². The van der Waals surface area contributed by atoms with Crippen molar-refractivity contribution in [3.8, 4) is 11.1 Å². The van der Waals surface area contributed by atoms with Crippen LogP contribution in [0.25, 0.3) is 11.1 Å². The normalized spacial score (nSPS) is 14.2. The Balaban J connectivity index is 1.40. The summed E-state index contributed by atoms with van der Waals surface area (Å²) < 4.78 is 0. The van der Waals surface area contributed by atoms with E-state index in [4.69, 9.17) is 0 Å². The molecule has 2 amide bonds. The van der Waals surface area contributed by atoms with Crippen LogP contribution in [0.2, 0.25) is 0 Å². The maximum atomic E-state index is 13.0. The summed E-state index contributed by atoms with van der Waals surface area (Å²) in [5.74, 6) is 1.87. The second-order valence-electron chi connectivity index (χ2n) is 8.41. The lowest BCUT2D eigenvalue weighted by Crippen LogP contribution is -2.39. The Kier molecular flexibility index (Phi) is 8.40. The third-order valence-corrected chi connectivity index (χ3v) is 8.10. The Morgan fingerprint density at radius 3 is 2.53 bits per heavy atom. The zero-order chi connectivity index (χ0) is 23.9. The van der Waals surface area contributed by atoms with Crippen LogP contribution < -0.4 is 5.32 Å². The number of hydrogen-bond acceptors (Lipinski definition) is 5. The number of nitrogens with one attached hydrogen (secondary N) is 1. The van der Waals surface area contributed by atoms with Gasteiger partial charge in [0.25, 0.3) is 5.91 Å². The molecule has 34 heavy (non-hydrogen) atoms. The molecule has 0 bridgehead atoms. The van der Waals surface area contributed by atoms with Crippen LogP contribution in [0.1, 0.15) is 53.7 Å². The highest BCUT2D eigenvalue weighted by molar-refractivity contribution is 7.99. The molecule has 2 heterocycles. The zero-order valence-corrected chi connectivity index (χ0v) is 21.4. The Morgan fingerprint density at radius 2 is 1.82 bits per heavy atom. The summed E-state index contributed by atoms with van der Waals surface area (Å²) in [6, 6.07) is 16.3. The van der Waals surface area contributed by atoms with Crippen LogP contribution in [0.15, 0.2) is 53.9 Å². The molecule has 178 valence electrons. The van der Waals surface area contributed by atoms with Gasteiger partial charge in [0.15, 0.2) is 0 Å². The quantitative estimate of drug-likeness (QED) is 0.413. The van der Waals surface area contributed by atoms with Crippen molar-refractivity contribution in [2.45, 2.75) is 39.0 Å². The lowest BCUT2D eigenvalue weighted by molar-refractivity contribution is -0.129. The number of rotatable bonds is 8. The molecule has 0 aliphatic carbocycles. The highest BCUT2D eigenvalue weighted by Gasteiger charge is 2.26. The molecule has 1 aliphatic heterocycles. The molecule has 3 aromatic rings. The van der Waals surface area contributed by atoms with E-state index in [1.165, 1.54) is 5.56 Å². The van der Waals surface area contributed by atoms with Crippen molar-refractivity contribution in [2.75, 3.05) is 29.9 Å². The predicted molar refractivity (Wildman–Crippen MR) is 143 cm³/mol. The van der Waals surface area contributed by atoms with E-state index in [1.54, 1.807) is 23.1 Å². The SMILES string of the molecule is CCSCC(=O)N1CCC(c2nc(C(=O)Nc3ccccc3-c3ccc(CC)cc3)cs2)CC1. The Bertz CT molecular complexity index is 1120. The molecular formula is C27H31N3O2S2. The van der Waals surface area contributed by atoms with Crippen molar-refractivity contribution >= 4 is 40.6 Å². The molecule has 1 aliphatic rings. The number of thioether (sulfide) groups is 1. The molecule has 7 heteroatoms. The highest BCUT2D eigenvalue weighted by Crippen LogP contribution is 2.32. The molecule has 4 rings (SSSR count). The van der Waals surface area contributed by atoms with Gasteiger partial charge >= 0.3 is 0 Å². The van der Waals surface area contributed by atoms with Crippen molar-refractivity contribution in [3.05, 3.63) is 70.2 Å². The van der Waals surface area contributed by atoms with Gasteiger partial charge in [-0.3, -0.25) is 9.59 Å². The fourth-order valence-electron chi connectivity index (χ4n) is 4.19. The molecule has 0 unspecified atom stereocenters. The lowest BCUT2D eigenvalue weighted by Gasteiger charge is -2.31. The van der Waals surface area contributed by atoms with Gasteiger partial charge in [0, 0.05) is 35.6 Å². The number of aromatic nitrogens is 1. The first-order chi connectivity index (χ1) is 16.6. The second-order valence-corrected chi connectivity index (χ2v) is 10.6. The fourth-order valence-corrected chi connectivity index (χ4v) is 5.72. The molecule has 0 radical (unpaired) electrons. The van der Waals surface area contributed by atoms with Gasteiger partial charge in [0.1, 0.15) is 5.69 Å². The zero-order valence-electron chi connectivity index (χ0n) is 19.8. The van der Waals surface area contributed by atoms with Gasteiger partial charge in [0.2, 0.25) is 5.91 Å². The smallest absolute Gasteiger partial charge is 0.275 e. The maximum absolute atomic E-state index is 13.0. The first-order valence-electron chi connectivity index (χ1n) is 11.9. The van der Waals surface area contributed by atoms with E-state index in [0.29, 0.717) is 17.4 Å². The van der Waals surface area contributed by atoms with Gasteiger partial charge in [-0.15, -0.1) is 11.3 Å². The van der Waals surface area contributed by atoms with Gasteiger partial charge in [-0.25, -0.2) is 4.98 Å². The van der Waals surface area contributed by atoms with Crippen molar-refractivity contribution in [2.24, 2.45) is 0 Å². The number of amides is 2. The third-order valence-electron chi connectivity index (χ3n) is 6.23. The van der Waals surface area contributed by atoms with Crippen LogP contribution in [-0.2, 0) is 11.2 Å². The monoisotopic (exact) mass is 493 g/mol. The average molecular weight is 494 g/mol. The van der Waals surface area contributed by atoms with Crippen molar-refractivity contribution in [1.82, 2.24) is 9.88 Å². The number of aryl methyl sites for hydroxylation is 1.